The van der Waals surface area contributed by atoms with Crippen molar-refractivity contribution in [3.8, 4) is 0 Å². The Bertz CT molecular complexity index is 387. The summed E-state index contributed by atoms with van der Waals surface area (Å²) in [6, 6.07) is 4.42. The highest BCUT2D eigenvalue weighted by Gasteiger charge is 2.20. The van der Waals surface area contributed by atoms with Gasteiger partial charge in [0.15, 0.2) is 0 Å². The Morgan fingerprint density at radius 1 is 1.59 bits per heavy atom. The van der Waals surface area contributed by atoms with Gasteiger partial charge in [-0.3, -0.25) is 4.79 Å². The summed E-state index contributed by atoms with van der Waals surface area (Å²) < 4.78 is 12.9. The van der Waals surface area contributed by atoms with Crippen LogP contribution in [-0.4, -0.2) is 40.9 Å². The molecule has 0 fully saturated rings. The SMILES string of the molecule is CCC(CSC)N(C)C(=O)c1cccc(F)n1. The van der Waals surface area contributed by atoms with Gasteiger partial charge in [-0.25, -0.2) is 4.98 Å². The van der Waals surface area contributed by atoms with E-state index < -0.39 is 5.95 Å². The first-order chi connectivity index (χ1) is 8.10. The zero-order valence-corrected chi connectivity index (χ0v) is 11.1. The molecule has 0 aromatic carbocycles. The first-order valence-corrected chi connectivity index (χ1v) is 6.88. The molecule has 1 heterocycles. The van der Waals surface area contributed by atoms with Crippen LogP contribution in [0.25, 0.3) is 0 Å². The Morgan fingerprint density at radius 3 is 2.82 bits per heavy atom. The van der Waals surface area contributed by atoms with Crippen LogP contribution in [0.1, 0.15) is 23.8 Å². The molecule has 0 saturated carbocycles. The number of carbonyl (C=O) groups is 1. The second kappa shape index (κ2) is 6.59. The molecule has 0 N–H and O–H groups in total. The summed E-state index contributed by atoms with van der Waals surface area (Å²) in [6.07, 6.45) is 2.87. The summed E-state index contributed by atoms with van der Waals surface area (Å²) in [5.74, 6) is 0.0150. The Hall–Kier alpha value is -1.10. The average molecular weight is 256 g/mol. The van der Waals surface area contributed by atoms with E-state index in [0.717, 1.165) is 12.2 Å². The molecule has 94 valence electrons. The number of carbonyl (C=O) groups excluding carboxylic acids is 1. The smallest absolute Gasteiger partial charge is 0.272 e. The predicted octanol–water partition coefficient (Wildman–Crippen LogP) is 2.43. The number of nitrogens with zero attached hydrogens (tertiary/aromatic N) is 2. The molecular formula is C12H17FN2OS. The normalized spacial score (nSPS) is 12.2. The van der Waals surface area contributed by atoms with E-state index in [9.17, 15) is 9.18 Å². The summed E-state index contributed by atoms with van der Waals surface area (Å²) >= 11 is 1.69. The number of halogens is 1. The van der Waals surface area contributed by atoms with Crippen molar-refractivity contribution in [3.05, 3.63) is 29.8 Å². The van der Waals surface area contributed by atoms with Crippen molar-refractivity contribution in [1.82, 2.24) is 9.88 Å². The maximum Gasteiger partial charge on any atom is 0.272 e. The van der Waals surface area contributed by atoms with Gasteiger partial charge in [0, 0.05) is 18.8 Å². The van der Waals surface area contributed by atoms with Crippen molar-refractivity contribution >= 4 is 17.7 Å². The van der Waals surface area contributed by atoms with E-state index in [1.165, 1.54) is 18.2 Å². The van der Waals surface area contributed by atoms with Crippen LogP contribution in [-0.2, 0) is 0 Å². The molecule has 17 heavy (non-hydrogen) atoms. The van der Waals surface area contributed by atoms with Gasteiger partial charge < -0.3 is 4.90 Å². The fraction of sp³-hybridized carbons (Fsp3) is 0.500. The second-order valence-electron chi connectivity index (χ2n) is 3.78. The first-order valence-electron chi connectivity index (χ1n) is 5.48. The number of pyridine rings is 1. The Morgan fingerprint density at radius 2 is 2.29 bits per heavy atom. The van der Waals surface area contributed by atoms with E-state index in [2.05, 4.69) is 4.98 Å². The monoisotopic (exact) mass is 256 g/mol. The minimum Gasteiger partial charge on any atom is -0.337 e. The van der Waals surface area contributed by atoms with Gasteiger partial charge in [-0.05, 0) is 24.8 Å². The van der Waals surface area contributed by atoms with Gasteiger partial charge in [-0.2, -0.15) is 16.2 Å². The fourth-order valence-electron chi connectivity index (χ4n) is 1.57. The minimum atomic E-state index is -0.623. The van der Waals surface area contributed by atoms with Crippen LogP contribution < -0.4 is 0 Å². The standard InChI is InChI=1S/C12H17FN2OS/c1-4-9(8-17-3)15(2)12(16)10-6-5-7-11(13)14-10/h5-7,9H,4,8H2,1-3H3. The summed E-state index contributed by atoms with van der Waals surface area (Å²) in [5.41, 5.74) is 0.159. The number of amides is 1. The van der Waals surface area contributed by atoms with Crippen LogP contribution in [0.15, 0.2) is 18.2 Å². The van der Waals surface area contributed by atoms with Crippen molar-refractivity contribution in [1.29, 1.82) is 0 Å². The fourth-order valence-corrected chi connectivity index (χ4v) is 2.41. The Balaban J connectivity index is 2.81. The molecule has 0 aliphatic carbocycles. The molecule has 1 atom stereocenters. The van der Waals surface area contributed by atoms with E-state index in [1.54, 1.807) is 23.7 Å². The molecule has 3 nitrogen and oxygen atoms in total. The maximum absolute atomic E-state index is 12.9. The summed E-state index contributed by atoms with van der Waals surface area (Å²) in [7, 11) is 1.74. The highest BCUT2D eigenvalue weighted by Crippen LogP contribution is 2.11. The Kier molecular flexibility index (Phi) is 5.41. The van der Waals surface area contributed by atoms with Crippen LogP contribution in [0.5, 0.6) is 0 Å². The lowest BCUT2D eigenvalue weighted by Gasteiger charge is -2.26. The van der Waals surface area contributed by atoms with E-state index in [0.29, 0.717) is 0 Å². The van der Waals surface area contributed by atoms with Gasteiger partial charge in [-0.1, -0.05) is 13.0 Å². The highest BCUT2D eigenvalue weighted by molar-refractivity contribution is 7.98. The number of hydrogen-bond donors (Lipinski definition) is 0. The zero-order chi connectivity index (χ0) is 12.8. The van der Waals surface area contributed by atoms with Crippen LogP contribution in [0.2, 0.25) is 0 Å². The summed E-state index contributed by atoms with van der Waals surface area (Å²) in [5, 5.41) is 0. The molecule has 5 heteroatoms. The van der Waals surface area contributed by atoms with E-state index >= 15 is 0 Å². The van der Waals surface area contributed by atoms with Crippen molar-refractivity contribution in [3.63, 3.8) is 0 Å². The molecule has 0 aliphatic heterocycles. The van der Waals surface area contributed by atoms with Crippen molar-refractivity contribution < 1.29 is 9.18 Å². The third kappa shape index (κ3) is 3.70. The lowest BCUT2D eigenvalue weighted by molar-refractivity contribution is 0.0736. The van der Waals surface area contributed by atoms with Crippen LogP contribution in [0.3, 0.4) is 0 Å². The van der Waals surface area contributed by atoms with E-state index in [1.807, 2.05) is 13.2 Å². The van der Waals surface area contributed by atoms with Crippen LogP contribution >= 0.6 is 11.8 Å². The van der Waals surface area contributed by atoms with Gasteiger partial charge in [0.25, 0.3) is 5.91 Å². The van der Waals surface area contributed by atoms with Crippen molar-refractivity contribution in [2.45, 2.75) is 19.4 Å². The summed E-state index contributed by atoms with van der Waals surface area (Å²) in [6.45, 7) is 2.03. The van der Waals surface area contributed by atoms with E-state index in [-0.39, 0.29) is 17.6 Å². The van der Waals surface area contributed by atoms with E-state index in [4.69, 9.17) is 0 Å². The van der Waals surface area contributed by atoms with Gasteiger partial charge in [0.1, 0.15) is 5.69 Å². The second-order valence-corrected chi connectivity index (χ2v) is 4.69. The number of hydrogen-bond acceptors (Lipinski definition) is 3. The van der Waals surface area contributed by atoms with Gasteiger partial charge in [0.2, 0.25) is 5.95 Å². The quantitative estimate of drug-likeness (QED) is 0.759. The zero-order valence-electron chi connectivity index (χ0n) is 10.3. The largest absolute Gasteiger partial charge is 0.337 e. The van der Waals surface area contributed by atoms with Crippen LogP contribution in [0, 0.1) is 5.95 Å². The van der Waals surface area contributed by atoms with Gasteiger partial charge >= 0.3 is 0 Å². The number of thioether (sulfide) groups is 1. The lowest BCUT2D eigenvalue weighted by Crippen LogP contribution is -2.38. The minimum absolute atomic E-state index is 0.155. The molecule has 0 bridgehead atoms. The molecule has 0 aliphatic rings. The third-order valence-electron chi connectivity index (χ3n) is 2.63. The molecule has 1 aromatic heterocycles. The number of rotatable bonds is 5. The Labute approximate surface area is 105 Å². The van der Waals surface area contributed by atoms with Crippen molar-refractivity contribution in [2.24, 2.45) is 0 Å². The molecule has 0 radical (unpaired) electrons. The van der Waals surface area contributed by atoms with Crippen molar-refractivity contribution in [2.75, 3.05) is 19.1 Å². The predicted molar refractivity (Wildman–Crippen MR) is 68.7 cm³/mol. The van der Waals surface area contributed by atoms with Crippen LogP contribution in [0.4, 0.5) is 4.39 Å². The topological polar surface area (TPSA) is 33.2 Å². The molecule has 1 aromatic rings. The highest BCUT2D eigenvalue weighted by atomic mass is 32.2. The maximum atomic E-state index is 12.9. The molecule has 0 saturated heterocycles. The first kappa shape index (κ1) is 14.0. The molecule has 1 rings (SSSR count). The number of aromatic nitrogens is 1. The molecule has 1 amide bonds. The van der Waals surface area contributed by atoms with Gasteiger partial charge in [0.05, 0.1) is 0 Å². The molecule has 0 spiro atoms. The van der Waals surface area contributed by atoms with Gasteiger partial charge in [-0.15, -0.1) is 0 Å². The molecule has 1 unspecified atom stereocenters. The molecular weight excluding hydrogens is 239 g/mol. The third-order valence-corrected chi connectivity index (χ3v) is 3.35. The lowest BCUT2D eigenvalue weighted by atomic mass is 10.2. The average Bonchev–Trinajstić information content (AvgIpc) is 2.34. The summed E-state index contributed by atoms with van der Waals surface area (Å²) in [4.78, 5) is 17.3.